The quantitative estimate of drug-likeness (QED) is 0.572. The highest BCUT2D eigenvalue weighted by atomic mass is 35.5. The van der Waals surface area contributed by atoms with Gasteiger partial charge in [0, 0.05) is 22.7 Å². The molecule has 1 unspecified atom stereocenters. The average molecular weight is 468 g/mol. The maximum absolute atomic E-state index is 14.1. The van der Waals surface area contributed by atoms with Gasteiger partial charge in [0.2, 0.25) is 5.60 Å². The van der Waals surface area contributed by atoms with Crippen LogP contribution in [0.5, 0.6) is 0 Å². The maximum atomic E-state index is 14.1. The SMILES string of the molecule is C=C(CC(ON)(c1cc(Cl)cc(Cl)c1)C(F)(F)F)c1ccc(S(C)(=O)=O)c(C)c1. The van der Waals surface area contributed by atoms with E-state index in [0.29, 0.717) is 11.1 Å². The number of halogens is 5. The molecule has 4 nitrogen and oxygen atoms in total. The third-order valence-corrected chi connectivity index (χ3v) is 6.13. The Morgan fingerprint density at radius 2 is 1.69 bits per heavy atom. The zero-order chi connectivity index (χ0) is 22.2. The molecule has 0 saturated heterocycles. The van der Waals surface area contributed by atoms with E-state index in [1.54, 1.807) is 6.92 Å². The number of nitrogens with two attached hydrogens (primary N) is 1. The zero-order valence-corrected chi connectivity index (χ0v) is 17.8. The molecule has 0 aliphatic heterocycles. The molecule has 0 saturated carbocycles. The van der Waals surface area contributed by atoms with Gasteiger partial charge in [-0.2, -0.15) is 13.2 Å². The van der Waals surface area contributed by atoms with Gasteiger partial charge in [0.25, 0.3) is 0 Å². The highest BCUT2D eigenvalue weighted by Gasteiger charge is 2.58. The van der Waals surface area contributed by atoms with Crippen LogP contribution in [-0.2, 0) is 20.3 Å². The van der Waals surface area contributed by atoms with Crippen molar-refractivity contribution in [3.05, 3.63) is 69.7 Å². The fourth-order valence-electron chi connectivity index (χ4n) is 3.02. The number of hydrogen-bond donors (Lipinski definition) is 1. The van der Waals surface area contributed by atoms with E-state index in [4.69, 9.17) is 29.1 Å². The van der Waals surface area contributed by atoms with Crippen molar-refractivity contribution in [2.75, 3.05) is 6.26 Å². The third kappa shape index (κ3) is 4.95. The van der Waals surface area contributed by atoms with Crippen LogP contribution < -0.4 is 5.90 Å². The normalized spacial score (nSPS) is 14.5. The van der Waals surface area contributed by atoms with Crippen LogP contribution in [0, 0.1) is 6.92 Å². The van der Waals surface area contributed by atoms with Crippen molar-refractivity contribution in [3.63, 3.8) is 0 Å². The summed E-state index contributed by atoms with van der Waals surface area (Å²) in [5.41, 5.74) is -2.61. The Kier molecular flexibility index (Phi) is 6.76. The number of alkyl halides is 3. The Balaban J connectivity index is 2.55. The first-order chi connectivity index (χ1) is 13.2. The molecule has 2 rings (SSSR count). The summed E-state index contributed by atoms with van der Waals surface area (Å²) in [6.07, 6.45) is -4.65. The third-order valence-electron chi connectivity index (χ3n) is 4.43. The molecule has 0 radical (unpaired) electrons. The number of aryl methyl sites for hydroxylation is 1. The van der Waals surface area contributed by atoms with Gasteiger partial charge >= 0.3 is 6.18 Å². The number of rotatable bonds is 6. The van der Waals surface area contributed by atoms with Crippen molar-refractivity contribution >= 4 is 38.6 Å². The van der Waals surface area contributed by atoms with Gasteiger partial charge in [0.1, 0.15) is 0 Å². The van der Waals surface area contributed by atoms with Crippen LogP contribution in [0.15, 0.2) is 47.9 Å². The van der Waals surface area contributed by atoms with Gasteiger partial charge in [-0.25, -0.2) is 14.3 Å². The molecule has 2 aromatic carbocycles. The highest BCUT2D eigenvalue weighted by molar-refractivity contribution is 7.90. The predicted molar refractivity (Wildman–Crippen MR) is 107 cm³/mol. The number of benzene rings is 2. The van der Waals surface area contributed by atoms with Crippen molar-refractivity contribution in [1.82, 2.24) is 0 Å². The van der Waals surface area contributed by atoms with Crippen LogP contribution in [0.4, 0.5) is 13.2 Å². The van der Waals surface area contributed by atoms with E-state index in [9.17, 15) is 21.6 Å². The molecule has 29 heavy (non-hydrogen) atoms. The topological polar surface area (TPSA) is 69.4 Å². The van der Waals surface area contributed by atoms with Gasteiger partial charge in [0.05, 0.1) is 4.90 Å². The fraction of sp³-hybridized carbons (Fsp3) is 0.263. The van der Waals surface area contributed by atoms with Crippen molar-refractivity contribution in [2.24, 2.45) is 5.90 Å². The first-order valence-corrected chi connectivity index (χ1v) is 10.8. The average Bonchev–Trinajstić information content (AvgIpc) is 2.56. The van der Waals surface area contributed by atoms with Crippen LogP contribution in [0.1, 0.15) is 23.1 Å². The first kappa shape index (κ1) is 23.7. The van der Waals surface area contributed by atoms with E-state index in [1.807, 2.05) is 0 Å². The molecule has 0 aliphatic carbocycles. The molecule has 0 bridgehead atoms. The van der Waals surface area contributed by atoms with E-state index >= 15 is 0 Å². The summed E-state index contributed by atoms with van der Waals surface area (Å²) in [5.74, 6) is 5.14. The van der Waals surface area contributed by atoms with Crippen LogP contribution in [-0.4, -0.2) is 20.8 Å². The summed E-state index contributed by atoms with van der Waals surface area (Å²) in [7, 11) is -3.48. The summed E-state index contributed by atoms with van der Waals surface area (Å²) < 4.78 is 65.8. The minimum absolute atomic E-state index is 0.0165. The largest absolute Gasteiger partial charge is 0.424 e. The Morgan fingerprint density at radius 3 is 2.10 bits per heavy atom. The molecule has 2 N–H and O–H groups in total. The van der Waals surface area contributed by atoms with Gasteiger partial charge < -0.3 is 0 Å². The zero-order valence-electron chi connectivity index (χ0n) is 15.5. The smallest absolute Gasteiger partial charge is 0.283 e. The number of sulfone groups is 1. The molecule has 0 heterocycles. The lowest BCUT2D eigenvalue weighted by Gasteiger charge is -2.35. The van der Waals surface area contributed by atoms with E-state index in [0.717, 1.165) is 18.4 Å². The van der Waals surface area contributed by atoms with E-state index in [1.165, 1.54) is 24.3 Å². The summed E-state index contributed by atoms with van der Waals surface area (Å²) in [6.45, 7) is 5.27. The molecule has 10 heteroatoms. The van der Waals surface area contributed by atoms with Gasteiger partial charge in [-0.05, 0) is 53.5 Å². The lowest BCUT2D eigenvalue weighted by atomic mass is 9.84. The molecule has 0 spiro atoms. The van der Waals surface area contributed by atoms with Crippen LogP contribution in [0.3, 0.4) is 0 Å². The molecular formula is C19H18Cl2F3NO3S. The first-order valence-electron chi connectivity index (χ1n) is 8.11. The standard InChI is InChI=1S/C19H18Cl2F3NO3S/c1-11-6-13(4-5-17(11)29(3,26)27)12(2)10-18(28-25,19(22,23)24)14-7-15(20)9-16(21)8-14/h4-9H,2,10,25H2,1,3H3. The van der Waals surface area contributed by atoms with Crippen LogP contribution >= 0.6 is 23.2 Å². The highest BCUT2D eigenvalue weighted by Crippen LogP contribution is 2.48. The summed E-state index contributed by atoms with van der Waals surface area (Å²) in [5, 5.41) is -0.0331. The van der Waals surface area contributed by atoms with Gasteiger partial charge in [-0.3, -0.25) is 4.84 Å². The Bertz CT molecular complexity index is 1030. The van der Waals surface area contributed by atoms with E-state index in [2.05, 4.69) is 11.4 Å². The predicted octanol–water partition coefficient (Wildman–Crippen LogP) is 5.46. The fourth-order valence-corrected chi connectivity index (χ4v) is 4.50. The van der Waals surface area contributed by atoms with Crippen molar-refractivity contribution < 1.29 is 26.4 Å². The van der Waals surface area contributed by atoms with E-state index < -0.39 is 28.0 Å². The van der Waals surface area contributed by atoms with Crippen LogP contribution in [0.2, 0.25) is 10.0 Å². The van der Waals surface area contributed by atoms with Crippen molar-refractivity contribution in [2.45, 2.75) is 30.0 Å². The minimum atomic E-state index is -4.93. The maximum Gasteiger partial charge on any atom is 0.424 e. The van der Waals surface area contributed by atoms with Gasteiger partial charge in [-0.1, -0.05) is 41.9 Å². The Labute approximate surface area is 176 Å². The lowest BCUT2D eigenvalue weighted by molar-refractivity contribution is -0.285. The second kappa shape index (κ2) is 8.28. The van der Waals surface area contributed by atoms with Crippen LogP contribution in [0.25, 0.3) is 5.57 Å². The Hall–Kier alpha value is -1.58. The Morgan fingerprint density at radius 1 is 1.14 bits per heavy atom. The molecule has 1 atom stereocenters. The summed E-state index contributed by atoms with van der Waals surface area (Å²) >= 11 is 11.7. The van der Waals surface area contributed by atoms with Gasteiger partial charge in [-0.15, -0.1) is 0 Å². The second-order valence-corrected chi connectivity index (χ2v) is 9.49. The summed E-state index contributed by atoms with van der Waals surface area (Å²) in [4.78, 5) is 4.58. The van der Waals surface area contributed by atoms with Crippen molar-refractivity contribution in [1.29, 1.82) is 0 Å². The lowest BCUT2D eigenvalue weighted by Crippen LogP contribution is -2.47. The molecule has 0 aliphatic rings. The molecular weight excluding hydrogens is 450 g/mol. The number of hydrogen-bond acceptors (Lipinski definition) is 4. The van der Waals surface area contributed by atoms with E-state index in [-0.39, 0.29) is 26.1 Å². The molecule has 0 amide bonds. The summed E-state index contributed by atoms with van der Waals surface area (Å²) in [6, 6.07) is 7.57. The monoisotopic (exact) mass is 467 g/mol. The molecule has 0 aromatic heterocycles. The molecule has 2 aromatic rings. The molecule has 158 valence electrons. The second-order valence-electron chi connectivity index (χ2n) is 6.63. The molecule has 0 fully saturated rings. The minimum Gasteiger partial charge on any atom is -0.283 e. The van der Waals surface area contributed by atoms with Crippen molar-refractivity contribution in [3.8, 4) is 0 Å². The van der Waals surface area contributed by atoms with Gasteiger partial charge in [0.15, 0.2) is 9.84 Å².